The number of hydrogen-bond acceptors (Lipinski definition) is 5. The third kappa shape index (κ3) is 5.90. The monoisotopic (exact) mass is 284 g/mol. The first-order chi connectivity index (χ1) is 9.69. The summed E-state index contributed by atoms with van der Waals surface area (Å²) < 4.78 is 4.90. The summed E-state index contributed by atoms with van der Waals surface area (Å²) in [5.41, 5.74) is 0. The lowest BCUT2D eigenvalue weighted by Crippen LogP contribution is -2.33. The van der Waals surface area contributed by atoms with E-state index in [0.29, 0.717) is 6.61 Å². The first kappa shape index (κ1) is 17.0. The van der Waals surface area contributed by atoms with Gasteiger partial charge in [-0.05, 0) is 26.2 Å². The van der Waals surface area contributed by atoms with Crippen LogP contribution in [0.25, 0.3) is 0 Å². The molecule has 1 saturated heterocycles. The van der Waals surface area contributed by atoms with E-state index in [1.165, 1.54) is 0 Å². The van der Waals surface area contributed by atoms with Gasteiger partial charge in [0.15, 0.2) is 6.10 Å². The summed E-state index contributed by atoms with van der Waals surface area (Å²) in [6.07, 6.45) is 6.95. The summed E-state index contributed by atoms with van der Waals surface area (Å²) in [4.78, 5) is 11.7. The number of rotatable bonds is 9. The molecule has 1 N–H and O–H groups in total. The first-order valence-electron chi connectivity index (χ1n) is 7.82. The third-order valence-corrected chi connectivity index (χ3v) is 3.58. The van der Waals surface area contributed by atoms with Gasteiger partial charge in [0.1, 0.15) is 0 Å². The number of unbranched alkanes of at least 4 members (excludes halogenated alkanes) is 2. The molecule has 0 saturated carbocycles. The van der Waals surface area contributed by atoms with Gasteiger partial charge in [-0.15, -0.1) is 0 Å². The van der Waals surface area contributed by atoms with Gasteiger partial charge in [0.05, 0.1) is 6.61 Å². The molecule has 0 aliphatic carbocycles. The van der Waals surface area contributed by atoms with Crippen LogP contribution in [0, 0.1) is 5.92 Å². The molecule has 1 heterocycles. The Hall–Kier alpha value is -1.10. The average Bonchev–Trinajstić information content (AvgIpc) is 2.95. The second-order valence-electron chi connectivity index (χ2n) is 5.28. The number of carbonyl (C=O) groups is 1. The molecule has 0 aromatic heterocycles. The van der Waals surface area contributed by atoms with Gasteiger partial charge in [-0.1, -0.05) is 26.2 Å². The lowest BCUT2D eigenvalue weighted by molar-refractivity contribution is -0.154. The molecule has 5 nitrogen and oxygen atoms in total. The lowest BCUT2D eigenvalue weighted by atomic mass is 9.96. The quantitative estimate of drug-likeness (QED) is 0.400. The van der Waals surface area contributed by atoms with Crippen molar-refractivity contribution in [2.45, 2.75) is 58.5 Å². The van der Waals surface area contributed by atoms with Crippen molar-refractivity contribution in [3.8, 4) is 0 Å². The zero-order valence-corrected chi connectivity index (χ0v) is 12.8. The molecule has 0 spiro atoms. The first-order valence-corrected chi connectivity index (χ1v) is 7.82. The van der Waals surface area contributed by atoms with E-state index in [1.54, 1.807) is 13.1 Å². The Kier molecular flexibility index (Phi) is 8.26. The molecule has 116 valence electrons. The van der Waals surface area contributed by atoms with Crippen LogP contribution < -0.4 is 0 Å². The molecule has 1 aliphatic heterocycles. The van der Waals surface area contributed by atoms with Gasteiger partial charge in [0.25, 0.3) is 0 Å². The lowest BCUT2D eigenvalue weighted by Gasteiger charge is -2.19. The average molecular weight is 284 g/mol. The zero-order chi connectivity index (χ0) is 14.8. The molecule has 2 atom stereocenters. The van der Waals surface area contributed by atoms with E-state index in [0.717, 1.165) is 51.6 Å². The second kappa shape index (κ2) is 9.75. The summed E-state index contributed by atoms with van der Waals surface area (Å²) in [6, 6.07) is 0. The Morgan fingerprint density at radius 2 is 2.05 bits per heavy atom. The number of aliphatic hydroxyl groups excluding tert-OH is 1. The molecule has 0 amide bonds. The highest BCUT2D eigenvalue weighted by Crippen LogP contribution is 2.15. The van der Waals surface area contributed by atoms with Crippen LogP contribution >= 0.6 is 0 Å². The Morgan fingerprint density at radius 3 is 2.65 bits per heavy atom. The number of nitrogens with zero attached hydrogens (tertiary/aromatic N) is 2. The van der Waals surface area contributed by atoms with Crippen LogP contribution in [0.2, 0.25) is 0 Å². The van der Waals surface area contributed by atoms with Gasteiger partial charge < -0.3 is 9.84 Å². The summed E-state index contributed by atoms with van der Waals surface area (Å²) in [7, 11) is 0. The van der Waals surface area contributed by atoms with E-state index in [-0.39, 0.29) is 5.92 Å². The maximum atomic E-state index is 11.7. The highest BCUT2D eigenvalue weighted by atomic mass is 16.5. The van der Waals surface area contributed by atoms with E-state index in [4.69, 9.17) is 4.74 Å². The number of hydrogen-bond donors (Lipinski definition) is 1. The number of carbonyl (C=O) groups excluding carboxylic acids is 1. The standard InChI is InChI=1S/C15H28N2O3/c1-3-5-6-9-13(14(18)15(19)20-4-2)12-16-17-10-7-8-11-17/h12-14,18H,3-11H2,1-2H3/b16-12+. The van der Waals surface area contributed by atoms with Crippen molar-refractivity contribution in [1.82, 2.24) is 5.01 Å². The number of ether oxygens (including phenoxy) is 1. The number of esters is 1. The minimum Gasteiger partial charge on any atom is -0.464 e. The molecular formula is C15H28N2O3. The van der Waals surface area contributed by atoms with Crippen molar-refractivity contribution in [2.24, 2.45) is 11.0 Å². The molecule has 1 fully saturated rings. The fourth-order valence-corrected chi connectivity index (χ4v) is 2.34. The van der Waals surface area contributed by atoms with Gasteiger partial charge in [-0.3, -0.25) is 5.01 Å². The third-order valence-electron chi connectivity index (χ3n) is 3.58. The molecule has 0 bridgehead atoms. The van der Waals surface area contributed by atoms with Gasteiger partial charge >= 0.3 is 5.97 Å². The molecule has 20 heavy (non-hydrogen) atoms. The van der Waals surface area contributed by atoms with Crippen LogP contribution in [0.3, 0.4) is 0 Å². The van der Waals surface area contributed by atoms with Crippen LogP contribution in [0.1, 0.15) is 52.4 Å². The molecule has 0 aromatic rings. The second-order valence-corrected chi connectivity index (χ2v) is 5.28. The Bertz CT molecular complexity index is 301. The minimum atomic E-state index is -1.10. The van der Waals surface area contributed by atoms with Crippen molar-refractivity contribution < 1.29 is 14.6 Å². The van der Waals surface area contributed by atoms with E-state index in [1.807, 2.05) is 5.01 Å². The molecule has 0 aromatic carbocycles. The summed E-state index contributed by atoms with van der Waals surface area (Å²) in [6.45, 7) is 6.10. The van der Waals surface area contributed by atoms with Crippen molar-refractivity contribution in [1.29, 1.82) is 0 Å². The molecule has 1 rings (SSSR count). The van der Waals surface area contributed by atoms with Crippen molar-refractivity contribution in [2.75, 3.05) is 19.7 Å². The van der Waals surface area contributed by atoms with Crippen LogP contribution in [0.15, 0.2) is 5.10 Å². The van der Waals surface area contributed by atoms with Gasteiger partial charge in [0.2, 0.25) is 0 Å². The van der Waals surface area contributed by atoms with Crippen LogP contribution in [-0.2, 0) is 9.53 Å². The smallest absolute Gasteiger partial charge is 0.335 e. The fourth-order valence-electron chi connectivity index (χ4n) is 2.34. The normalized spacial score (nSPS) is 18.4. The summed E-state index contributed by atoms with van der Waals surface area (Å²) in [5.74, 6) is -0.789. The van der Waals surface area contributed by atoms with E-state index in [2.05, 4.69) is 12.0 Å². The predicted octanol–water partition coefficient (Wildman–Crippen LogP) is 2.19. The Balaban J connectivity index is 2.55. The van der Waals surface area contributed by atoms with Gasteiger partial charge in [-0.2, -0.15) is 5.10 Å². The number of aliphatic hydroxyl groups is 1. The Morgan fingerprint density at radius 1 is 1.35 bits per heavy atom. The highest BCUT2D eigenvalue weighted by molar-refractivity contribution is 5.79. The van der Waals surface area contributed by atoms with E-state index >= 15 is 0 Å². The topological polar surface area (TPSA) is 62.1 Å². The van der Waals surface area contributed by atoms with E-state index in [9.17, 15) is 9.90 Å². The maximum Gasteiger partial charge on any atom is 0.335 e. The molecule has 0 radical (unpaired) electrons. The van der Waals surface area contributed by atoms with Gasteiger partial charge in [0, 0.05) is 25.2 Å². The minimum absolute atomic E-state index is 0.249. The fraction of sp³-hybridized carbons (Fsp3) is 0.867. The molecule has 2 unspecified atom stereocenters. The van der Waals surface area contributed by atoms with Crippen LogP contribution in [-0.4, -0.2) is 48.1 Å². The largest absolute Gasteiger partial charge is 0.464 e. The maximum absolute atomic E-state index is 11.7. The zero-order valence-electron chi connectivity index (χ0n) is 12.8. The SMILES string of the molecule is CCCCCC(/C=N/N1CCCC1)C(O)C(=O)OCC. The number of hydrazone groups is 1. The summed E-state index contributed by atoms with van der Waals surface area (Å²) >= 11 is 0. The summed E-state index contributed by atoms with van der Waals surface area (Å²) in [5, 5.41) is 16.5. The molecular weight excluding hydrogens is 256 g/mol. The van der Waals surface area contributed by atoms with Crippen LogP contribution in [0.5, 0.6) is 0 Å². The highest BCUT2D eigenvalue weighted by Gasteiger charge is 2.26. The molecule has 1 aliphatic rings. The van der Waals surface area contributed by atoms with Crippen molar-refractivity contribution in [3.05, 3.63) is 0 Å². The van der Waals surface area contributed by atoms with E-state index < -0.39 is 12.1 Å². The van der Waals surface area contributed by atoms with Gasteiger partial charge in [-0.25, -0.2) is 4.79 Å². The molecule has 5 heteroatoms. The van der Waals surface area contributed by atoms with Crippen molar-refractivity contribution >= 4 is 12.2 Å². The van der Waals surface area contributed by atoms with Crippen LogP contribution in [0.4, 0.5) is 0 Å². The predicted molar refractivity (Wildman–Crippen MR) is 79.6 cm³/mol. The Labute approximate surface area is 122 Å². The van der Waals surface area contributed by atoms with Crippen molar-refractivity contribution in [3.63, 3.8) is 0 Å².